The van der Waals surface area contributed by atoms with Crippen LogP contribution in [0, 0.1) is 0 Å². The molecular formula is C37H27N3. The first-order valence-corrected chi connectivity index (χ1v) is 13.8. The minimum atomic E-state index is -0.178. The molecule has 0 bridgehead atoms. The summed E-state index contributed by atoms with van der Waals surface area (Å²) in [7, 11) is 0. The van der Waals surface area contributed by atoms with Gasteiger partial charge >= 0.3 is 0 Å². The van der Waals surface area contributed by atoms with Gasteiger partial charge in [0.25, 0.3) is 0 Å². The van der Waals surface area contributed by atoms with Gasteiger partial charge in [0.05, 0.1) is 22.4 Å². The number of aromatic nitrogens is 2. The SMILES string of the molecule is CC1(C)C(c2ccccc2)=Nc2c1ccc1c2c2ccccc2n1-c1ccc(-c2cncc3ccccc23)cc1. The maximum absolute atomic E-state index is 5.34. The van der Waals surface area contributed by atoms with Crippen LogP contribution in [-0.2, 0) is 5.41 Å². The van der Waals surface area contributed by atoms with Crippen molar-refractivity contribution in [3.05, 3.63) is 139 Å². The van der Waals surface area contributed by atoms with E-state index < -0.39 is 0 Å². The highest BCUT2D eigenvalue weighted by Crippen LogP contribution is 2.49. The van der Waals surface area contributed by atoms with Crippen LogP contribution in [0.15, 0.2) is 133 Å². The second kappa shape index (κ2) is 8.49. The van der Waals surface area contributed by atoms with Crippen LogP contribution in [0.1, 0.15) is 25.0 Å². The van der Waals surface area contributed by atoms with E-state index in [1.165, 1.54) is 38.3 Å². The zero-order valence-electron chi connectivity index (χ0n) is 22.5. The third-order valence-corrected chi connectivity index (χ3v) is 8.45. The van der Waals surface area contributed by atoms with Gasteiger partial charge in [-0.1, -0.05) is 105 Å². The molecule has 2 aromatic heterocycles. The quantitative estimate of drug-likeness (QED) is 0.231. The smallest absolute Gasteiger partial charge is 0.0775 e. The zero-order chi connectivity index (χ0) is 26.8. The Balaban J connectivity index is 1.33. The number of aliphatic imine (C=N–C) groups is 1. The lowest BCUT2D eigenvalue weighted by Gasteiger charge is -2.22. The van der Waals surface area contributed by atoms with Crippen LogP contribution >= 0.6 is 0 Å². The van der Waals surface area contributed by atoms with Crippen LogP contribution < -0.4 is 0 Å². The van der Waals surface area contributed by atoms with E-state index in [0.717, 1.165) is 33.6 Å². The van der Waals surface area contributed by atoms with E-state index in [2.05, 4.69) is 139 Å². The number of fused-ring (bicyclic) bond motifs is 6. The molecular weight excluding hydrogens is 486 g/mol. The van der Waals surface area contributed by atoms with E-state index in [1.807, 2.05) is 12.4 Å². The fraction of sp³-hybridized carbons (Fsp3) is 0.0811. The Morgan fingerprint density at radius 2 is 1.32 bits per heavy atom. The van der Waals surface area contributed by atoms with Gasteiger partial charge in [0, 0.05) is 45.2 Å². The van der Waals surface area contributed by atoms with Crippen LogP contribution in [0.25, 0.3) is 49.4 Å². The van der Waals surface area contributed by atoms with Crippen LogP contribution in [0.4, 0.5) is 5.69 Å². The molecule has 7 aromatic rings. The predicted molar refractivity (Wildman–Crippen MR) is 167 cm³/mol. The molecule has 8 rings (SSSR count). The van der Waals surface area contributed by atoms with Crippen molar-refractivity contribution in [1.82, 2.24) is 9.55 Å². The van der Waals surface area contributed by atoms with E-state index in [-0.39, 0.29) is 5.41 Å². The van der Waals surface area contributed by atoms with E-state index >= 15 is 0 Å². The van der Waals surface area contributed by atoms with Gasteiger partial charge in [-0.2, -0.15) is 0 Å². The monoisotopic (exact) mass is 513 g/mol. The fourth-order valence-electron chi connectivity index (χ4n) is 6.48. The molecule has 0 fully saturated rings. The largest absolute Gasteiger partial charge is 0.309 e. The van der Waals surface area contributed by atoms with E-state index in [1.54, 1.807) is 0 Å². The second-order valence-electron chi connectivity index (χ2n) is 11.1. The van der Waals surface area contributed by atoms with Crippen molar-refractivity contribution in [1.29, 1.82) is 0 Å². The van der Waals surface area contributed by atoms with E-state index in [4.69, 9.17) is 4.99 Å². The lowest BCUT2D eigenvalue weighted by atomic mass is 9.78. The number of hydrogen-bond donors (Lipinski definition) is 0. The molecule has 0 saturated carbocycles. The Morgan fingerprint density at radius 3 is 2.15 bits per heavy atom. The minimum absolute atomic E-state index is 0.178. The van der Waals surface area contributed by atoms with Gasteiger partial charge in [-0.25, -0.2) is 0 Å². The summed E-state index contributed by atoms with van der Waals surface area (Å²) in [6.45, 7) is 4.58. The normalized spacial score (nSPS) is 14.1. The van der Waals surface area contributed by atoms with Gasteiger partial charge in [-0.15, -0.1) is 0 Å². The van der Waals surface area contributed by atoms with Crippen molar-refractivity contribution in [3.63, 3.8) is 0 Å². The average molecular weight is 514 g/mol. The molecule has 5 aromatic carbocycles. The molecule has 0 spiro atoms. The summed E-state index contributed by atoms with van der Waals surface area (Å²) in [4.78, 5) is 9.84. The number of hydrogen-bond acceptors (Lipinski definition) is 2. The molecule has 0 atom stereocenters. The predicted octanol–water partition coefficient (Wildman–Crippen LogP) is 9.41. The standard InChI is InChI=1S/C37H27N3/c1-37(2)31-20-21-33-34(35(31)39-36(37)25-10-4-3-5-11-25)29-14-8-9-15-32(29)40(33)27-18-16-24(17-19-27)30-23-38-22-26-12-6-7-13-28(26)30/h3-23H,1-2H3. The summed E-state index contributed by atoms with van der Waals surface area (Å²) in [5, 5.41) is 4.81. The Kier molecular flexibility index (Phi) is 4.86. The van der Waals surface area contributed by atoms with Crippen molar-refractivity contribution < 1.29 is 0 Å². The number of para-hydroxylation sites is 1. The van der Waals surface area contributed by atoms with Gasteiger partial charge in [-0.05, 0) is 46.3 Å². The first-order valence-electron chi connectivity index (χ1n) is 13.8. The maximum atomic E-state index is 5.34. The highest BCUT2D eigenvalue weighted by atomic mass is 15.0. The van der Waals surface area contributed by atoms with Crippen LogP contribution in [-0.4, -0.2) is 15.3 Å². The summed E-state index contributed by atoms with van der Waals surface area (Å²) in [5.41, 5.74) is 10.3. The summed E-state index contributed by atoms with van der Waals surface area (Å²) in [5.74, 6) is 0. The summed E-state index contributed by atoms with van der Waals surface area (Å²) >= 11 is 0. The van der Waals surface area contributed by atoms with Gasteiger partial charge in [-0.3, -0.25) is 9.98 Å². The molecule has 0 radical (unpaired) electrons. The first-order chi connectivity index (χ1) is 19.6. The first kappa shape index (κ1) is 22.9. The van der Waals surface area contributed by atoms with Gasteiger partial charge in [0.1, 0.15) is 0 Å². The molecule has 190 valence electrons. The fourth-order valence-corrected chi connectivity index (χ4v) is 6.48. The number of pyridine rings is 1. The van der Waals surface area contributed by atoms with Crippen LogP contribution in [0.2, 0.25) is 0 Å². The van der Waals surface area contributed by atoms with Crippen molar-refractivity contribution in [2.45, 2.75) is 19.3 Å². The molecule has 0 N–H and O–H groups in total. The topological polar surface area (TPSA) is 30.2 Å². The molecule has 1 aliphatic rings. The molecule has 3 nitrogen and oxygen atoms in total. The Morgan fingerprint density at radius 1 is 0.600 bits per heavy atom. The Labute approximate surface area is 233 Å². The molecule has 3 heteroatoms. The lowest BCUT2D eigenvalue weighted by molar-refractivity contribution is 0.738. The van der Waals surface area contributed by atoms with E-state index in [0.29, 0.717) is 0 Å². The van der Waals surface area contributed by atoms with Crippen LogP contribution in [0.5, 0.6) is 0 Å². The third-order valence-electron chi connectivity index (χ3n) is 8.45. The van der Waals surface area contributed by atoms with E-state index in [9.17, 15) is 0 Å². The molecule has 40 heavy (non-hydrogen) atoms. The molecule has 1 aliphatic heterocycles. The number of rotatable bonds is 3. The molecule has 0 amide bonds. The van der Waals surface area contributed by atoms with Crippen molar-refractivity contribution in [3.8, 4) is 16.8 Å². The summed E-state index contributed by atoms with van der Waals surface area (Å²) < 4.78 is 2.37. The molecule has 0 saturated heterocycles. The second-order valence-corrected chi connectivity index (χ2v) is 11.1. The highest BCUT2D eigenvalue weighted by Gasteiger charge is 2.37. The maximum Gasteiger partial charge on any atom is 0.0775 e. The van der Waals surface area contributed by atoms with Gasteiger partial charge in [0.2, 0.25) is 0 Å². The van der Waals surface area contributed by atoms with Gasteiger partial charge in [0.15, 0.2) is 0 Å². The molecule has 0 aliphatic carbocycles. The molecule has 0 unspecified atom stereocenters. The van der Waals surface area contributed by atoms with Gasteiger partial charge < -0.3 is 4.57 Å². The zero-order valence-corrected chi connectivity index (χ0v) is 22.5. The summed E-state index contributed by atoms with van der Waals surface area (Å²) in [6.07, 6.45) is 3.89. The molecule has 3 heterocycles. The third kappa shape index (κ3) is 3.24. The Hall–Kier alpha value is -5.02. The average Bonchev–Trinajstić information content (AvgIpc) is 3.48. The van der Waals surface area contributed by atoms with Crippen molar-refractivity contribution >= 4 is 44.0 Å². The number of nitrogens with zero attached hydrogens (tertiary/aromatic N) is 3. The number of benzene rings is 5. The van der Waals surface area contributed by atoms with Crippen molar-refractivity contribution in [2.24, 2.45) is 4.99 Å². The lowest BCUT2D eigenvalue weighted by Crippen LogP contribution is -2.26. The Bertz CT molecular complexity index is 2110. The minimum Gasteiger partial charge on any atom is -0.309 e. The van der Waals surface area contributed by atoms with Crippen LogP contribution in [0.3, 0.4) is 0 Å². The highest BCUT2D eigenvalue weighted by molar-refractivity contribution is 6.21. The summed E-state index contributed by atoms with van der Waals surface area (Å²) in [6, 6.07) is 41.1. The van der Waals surface area contributed by atoms with Crippen molar-refractivity contribution in [2.75, 3.05) is 0 Å².